The minimum atomic E-state index is -0.468. The van der Waals surface area contributed by atoms with Crippen molar-refractivity contribution in [1.82, 2.24) is 14.7 Å². The maximum Gasteiger partial charge on any atom is 0.260 e. The van der Waals surface area contributed by atoms with E-state index in [1.54, 1.807) is 16.7 Å². The fraction of sp³-hybridized carbons (Fsp3) is 0.579. The third-order valence-corrected chi connectivity index (χ3v) is 5.38. The molecule has 2 aliphatic rings. The van der Waals surface area contributed by atoms with Crippen LogP contribution in [0.4, 0.5) is 0 Å². The Kier molecular flexibility index (Phi) is 5.48. The molecule has 0 saturated carbocycles. The summed E-state index contributed by atoms with van der Waals surface area (Å²) in [6.07, 6.45) is 0. The number of hydrogen-bond acceptors (Lipinski definition) is 5. The Morgan fingerprint density at radius 3 is 2.54 bits per heavy atom. The Morgan fingerprint density at radius 2 is 1.88 bits per heavy atom. The van der Waals surface area contributed by atoms with Crippen molar-refractivity contribution >= 4 is 11.8 Å². The number of nitrogens with zero attached hydrogens (tertiary/aromatic N) is 3. The minimum Gasteiger partial charge on any atom is -0.484 e. The smallest absolute Gasteiger partial charge is 0.260 e. The molecule has 1 aromatic carbocycles. The van der Waals surface area contributed by atoms with E-state index < -0.39 is 5.54 Å². The van der Waals surface area contributed by atoms with E-state index >= 15 is 0 Å². The van der Waals surface area contributed by atoms with Crippen LogP contribution in [-0.2, 0) is 9.59 Å². The average molecular weight is 361 g/mol. The first-order valence-electron chi connectivity index (χ1n) is 9.02. The molecule has 0 aliphatic carbocycles. The number of aliphatic hydroxyl groups excluding tert-OH is 1. The first kappa shape index (κ1) is 18.7. The molecule has 2 aliphatic heterocycles. The van der Waals surface area contributed by atoms with Crippen molar-refractivity contribution in [1.29, 1.82) is 0 Å². The van der Waals surface area contributed by atoms with Crippen molar-refractivity contribution in [2.45, 2.75) is 25.4 Å². The second-order valence-corrected chi connectivity index (χ2v) is 7.34. The lowest BCUT2D eigenvalue weighted by Crippen LogP contribution is -2.72. The van der Waals surface area contributed by atoms with E-state index in [0.717, 1.165) is 0 Å². The van der Waals surface area contributed by atoms with E-state index in [9.17, 15) is 14.7 Å². The van der Waals surface area contributed by atoms with Crippen LogP contribution in [0, 0.1) is 0 Å². The predicted octanol–water partition coefficient (Wildman–Crippen LogP) is 0.191. The van der Waals surface area contributed by atoms with Crippen LogP contribution in [0.15, 0.2) is 30.3 Å². The van der Waals surface area contributed by atoms with Gasteiger partial charge in [0.25, 0.3) is 5.91 Å². The Hall–Kier alpha value is -2.12. The average Bonchev–Trinajstić information content (AvgIpc) is 2.66. The summed E-state index contributed by atoms with van der Waals surface area (Å²) in [7, 11) is 0. The van der Waals surface area contributed by atoms with Crippen molar-refractivity contribution < 1.29 is 19.4 Å². The molecule has 2 unspecified atom stereocenters. The maximum atomic E-state index is 12.5. The topological polar surface area (TPSA) is 73.3 Å². The highest BCUT2D eigenvalue weighted by molar-refractivity contribution is 5.78. The highest BCUT2D eigenvalue weighted by Crippen LogP contribution is 2.28. The van der Waals surface area contributed by atoms with Crippen LogP contribution in [0.3, 0.4) is 0 Å². The van der Waals surface area contributed by atoms with E-state index in [1.165, 1.54) is 0 Å². The molecule has 0 spiro atoms. The molecule has 0 bridgehead atoms. The van der Waals surface area contributed by atoms with Gasteiger partial charge >= 0.3 is 0 Å². The molecular weight excluding hydrogens is 334 g/mol. The van der Waals surface area contributed by atoms with Gasteiger partial charge in [0.1, 0.15) is 5.75 Å². The van der Waals surface area contributed by atoms with E-state index in [4.69, 9.17) is 4.74 Å². The summed E-state index contributed by atoms with van der Waals surface area (Å²) in [5, 5.41) is 9.89. The van der Waals surface area contributed by atoms with Crippen LogP contribution in [0.25, 0.3) is 0 Å². The number of hydrogen-bond donors (Lipinski definition) is 1. The quantitative estimate of drug-likeness (QED) is 0.829. The highest BCUT2D eigenvalue weighted by Gasteiger charge is 2.46. The van der Waals surface area contributed by atoms with Gasteiger partial charge in [-0.25, -0.2) is 0 Å². The molecule has 2 saturated heterocycles. The van der Waals surface area contributed by atoms with Crippen molar-refractivity contribution in [3.05, 3.63) is 30.3 Å². The first-order valence-corrected chi connectivity index (χ1v) is 9.02. The van der Waals surface area contributed by atoms with Crippen molar-refractivity contribution in [2.75, 3.05) is 45.9 Å². The summed E-state index contributed by atoms with van der Waals surface area (Å²) < 4.78 is 5.57. The Balaban J connectivity index is 1.63. The predicted molar refractivity (Wildman–Crippen MR) is 96.8 cm³/mol. The molecule has 2 atom stereocenters. The van der Waals surface area contributed by atoms with E-state index in [0.29, 0.717) is 38.5 Å². The van der Waals surface area contributed by atoms with Crippen molar-refractivity contribution in [3.63, 3.8) is 0 Å². The van der Waals surface area contributed by atoms with Crippen LogP contribution in [0.5, 0.6) is 5.75 Å². The number of carbonyl (C=O) groups is 2. The van der Waals surface area contributed by atoms with Gasteiger partial charge in [-0.3, -0.25) is 14.5 Å². The van der Waals surface area contributed by atoms with Crippen LogP contribution < -0.4 is 4.74 Å². The number of ether oxygens (including phenoxy) is 1. The van der Waals surface area contributed by atoms with Crippen LogP contribution in [-0.4, -0.2) is 89.1 Å². The third kappa shape index (κ3) is 3.83. The van der Waals surface area contributed by atoms with Gasteiger partial charge in [-0.05, 0) is 19.1 Å². The number of piperazine rings is 2. The molecular formula is C19H27N3O4. The minimum absolute atomic E-state index is 0.000172. The lowest BCUT2D eigenvalue weighted by molar-refractivity contribution is -0.150. The number of benzene rings is 1. The molecule has 0 aromatic heterocycles. The fourth-order valence-corrected chi connectivity index (χ4v) is 3.90. The Bertz CT molecular complexity index is 653. The lowest BCUT2D eigenvalue weighted by atomic mass is 9.91. The molecule has 26 heavy (non-hydrogen) atoms. The first-order chi connectivity index (χ1) is 12.4. The van der Waals surface area contributed by atoms with Crippen LogP contribution in [0.1, 0.15) is 13.8 Å². The zero-order chi connectivity index (χ0) is 18.7. The van der Waals surface area contributed by atoms with Gasteiger partial charge in [0.2, 0.25) is 5.91 Å². The molecule has 1 aromatic rings. The molecule has 0 radical (unpaired) electrons. The van der Waals surface area contributed by atoms with E-state index in [-0.39, 0.29) is 31.1 Å². The van der Waals surface area contributed by atoms with Crippen molar-refractivity contribution in [3.8, 4) is 5.75 Å². The van der Waals surface area contributed by atoms with Gasteiger partial charge < -0.3 is 19.6 Å². The molecule has 3 rings (SSSR count). The number of amides is 2. The highest BCUT2D eigenvalue weighted by atomic mass is 16.5. The zero-order valence-electron chi connectivity index (χ0n) is 15.4. The zero-order valence-corrected chi connectivity index (χ0v) is 15.4. The maximum absolute atomic E-state index is 12.5. The van der Waals surface area contributed by atoms with Crippen molar-refractivity contribution in [2.24, 2.45) is 0 Å². The standard InChI is InChI=1S/C19H27N3O4/c1-15(24)21-11-16-10-20(8-9-22(16)19(2,13-21)14-23)18(25)12-26-17-6-4-3-5-7-17/h3-7,16,23H,8-14H2,1-2H3. The lowest BCUT2D eigenvalue weighted by Gasteiger charge is -2.55. The second kappa shape index (κ2) is 7.63. The molecule has 7 nitrogen and oxygen atoms in total. The summed E-state index contributed by atoms with van der Waals surface area (Å²) in [6.45, 7) is 6.43. The number of aliphatic hydroxyl groups is 1. The van der Waals surface area contributed by atoms with Gasteiger partial charge in [-0.15, -0.1) is 0 Å². The molecule has 1 N–H and O–H groups in total. The Labute approximate surface area is 154 Å². The van der Waals surface area contributed by atoms with Gasteiger partial charge in [0.05, 0.1) is 12.1 Å². The summed E-state index contributed by atoms with van der Waals surface area (Å²) in [5.74, 6) is 0.618. The number of rotatable bonds is 4. The second-order valence-electron chi connectivity index (χ2n) is 7.34. The summed E-state index contributed by atoms with van der Waals surface area (Å²) in [6, 6.07) is 9.31. The molecule has 7 heteroatoms. The van der Waals surface area contributed by atoms with Gasteiger partial charge in [0.15, 0.2) is 6.61 Å². The number of para-hydroxylation sites is 1. The fourth-order valence-electron chi connectivity index (χ4n) is 3.90. The summed E-state index contributed by atoms with van der Waals surface area (Å²) >= 11 is 0. The van der Waals surface area contributed by atoms with Gasteiger partial charge in [-0.2, -0.15) is 0 Å². The monoisotopic (exact) mass is 361 g/mol. The normalized spacial score (nSPS) is 26.3. The summed E-state index contributed by atoms with van der Waals surface area (Å²) in [4.78, 5) is 30.2. The van der Waals surface area contributed by atoms with Crippen LogP contribution in [0.2, 0.25) is 0 Å². The number of fused-ring (bicyclic) bond motifs is 1. The van der Waals surface area contributed by atoms with E-state index in [1.807, 2.05) is 37.3 Å². The molecule has 2 amide bonds. The Morgan fingerprint density at radius 1 is 1.19 bits per heavy atom. The molecule has 2 heterocycles. The molecule has 2 fully saturated rings. The SMILES string of the molecule is CC(=O)N1CC2CN(C(=O)COc3ccccc3)CCN2C(C)(CO)C1. The van der Waals surface area contributed by atoms with Crippen LogP contribution >= 0.6 is 0 Å². The summed E-state index contributed by atoms with van der Waals surface area (Å²) in [5.41, 5.74) is -0.468. The third-order valence-electron chi connectivity index (χ3n) is 5.38. The largest absolute Gasteiger partial charge is 0.484 e. The molecule has 142 valence electrons. The van der Waals surface area contributed by atoms with Gasteiger partial charge in [-0.1, -0.05) is 18.2 Å². The van der Waals surface area contributed by atoms with Gasteiger partial charge in [0, 0.05) is 45.7 Å². The number of carbonyl (C=O) groups excluding carboxylic acids is 2. The van der Waals surface area contributed by atoms with E-state index in [2.05, 4.69) is 4.90 Å².